The zero-order valence-electron chi connectivity index (χ0n) is 9.08. The molecule has 1 saturated heterocycles. The van der Waals surface area contributed by atoms with E-state index in [9.17, 15) is 0 Å². The number of piperidine rings is 1. The summed E-state index contributed by atoms with van der Waals surface area (Å²) in [7, 11) is 0. The molecule has 1 aromatic rings. The largest absolute Gasteiger partial charge is 0.381 e. The summed E-state index contributed by atoms with van der Waals surface area (Å²) in [5.41, 5.74) is 0. The van der Waals surface area contributed by atoms with Gasteiger partial charge in [-0.2, -0.15) is 0 Å². The SMILES string of the molecule is c1csc(CCOCC2CCNCC2)c1. The summed E-state index contributed by atoms with van der Waals surface area (Å²) in [5.74, 6) is 0.787. The lowest BCUT2D eigenvalue weighted by Crippen LogP contribution is -2.30. The first-order valence-electron chi connectivity index (χ1n) is 5.76. The zero-order valence-corrected chi connectivity index (χ0v) is 9.89. The molecule has 2 rings (SSSR count). The van der Waals surface area contributed by atoms with Crippen LogP contribution in [0.1, 0.15) is 17.7 Å². The molecule has 1 aliphatic heterocycles. The Morgan fingerprint density at radius 2 is 2.27 bits per heavy atom. The second-order valence-electron chi connectivity index (χ2n) is 4.10. The number of ether oxygens (including phenoxy) is 1. The Morgan fingerprint density at radius 3 is 3.00 bits per heavy atom. The van der Waals surface area contributed by atoms with E-state index < -0.39 is 0 Å². The van der Waals surface area contributed by atoms with E-state index in [2.05, 4.69) is 22.8 Å². The van der Waals surface area contributed by atoms with Gasteiger partial charge in [-0.1, -0.05) is 6.07 Å². The van der Waals surface area contributed by atoms with Crippen molar-refractivity contribution in [3.63, 3.8) is 0 Å². The number of rotatable bonds is 5. The molecule has 1 N–H and O–H groups in total. The highest BCUT2D eigenvalue weighted by molar-refractivity contribution is 7.09. The van der Waals surface area contributed by atoms with Gasteiger partial charge in [0.05, 0.1) is 6.61 Å². The third kappa shape index (κ3) is 3.93. The normalized spacial score (nSPS) is 18.1. The monoisotopic (exact) mass is 225 g/mol. The van der Waals surface area contributed by atoms with Crippen LogP contribution in [0.3, 0.4) is 0 Å². The van der Waals surface area contributed by atoms with Crippen molar-refractivity contribution in [3.05, 3.63) is 22.4 Å². The molecule has 1 fully saturated rings. The van der Waals surface area contributed by atoms with Crippen molar-refractivity contribution in [3.8, 4) is 0 Å². The Labute approximate surface area is 95.6 Å². The maximum absolute atomic E-state index is 5.73. The van der Waals surface area contributed by atoms with Gasteiger partial charge in [-0.05, 0) is 43.3 Å². The van der Waals surface area contributed by atoms with Crippen LogP contribution in [-0.4, -0.2) is 26.3 Å². The van der Waals surface area contributed by atoms with E-state index in [4.69, 9.17) is 4.74 Å². The first kappa shape index (κ1) is 11.1. The molecule has 0 unspecified atom stereocenters. The van der Waals surface area contributed by atoms with E-state index in [-0.39, 0.29) is 0 Å². The smallest absolute Gasteiger partial charge is 0.0514 e. The van der Waals surface area contributed by atoms with Crippen molar-refractivity contribution in [1.82, 2.24) is 5.32 Å². The van der Waals surface area contributed by atoms with Gasteiger partial charge in [0.1, 0.15) is 0 Å². The molecular formula is C12H19NOS. The van der Waals surface area contributed by atoms with E-state index in [0.717, 1.165) is 25.6 Å². The summed E-state index contributed by atoms with van der Waals surface area (Å²) in [6.45, 7) is 4.16. The predicted octanol–water partition coefficient (Wildman–Crippen LogP) is 2.31. The van der Waals surface area contributed by atoms with Crippen LogP contribution in [0.4, 0.5) is 0 Å². The van der Waals surface area contributed by atoms with Crippen LogP contribution in [0.5, 0.6) is 0 Å². The van der Waals surface area contributed by atoms with Crippen LogP contribution in [0.2, 0.25) is 0 Å². The highest BCUT2D eigenvalue weighted by Gasteiger charge is 2.12. The van der Waals surface area contributed by atoms with E-state index >= 15 is 0 Å². The number of hydrogen-bond acceptors (Lipinski definition) is 3. The van der Waals surface area contributed by atoms with Crippen molar-refractivity contribution in [1.29, 1.82) is 0 Å². The summed E-state index contributed by atoms with van der Waals surface area (Å²) in [5, 5.41) is 5.50. The molecule has 1 aromatic heterocycles. The van der Waals surface area contributed by atoms with Crippen LogP contribution in [0, 0.1) is 5.92 Å². The van der Waals surface area contributed by atoms with Gasteiger partial charge in [0.25, 0.3) is 0 Å². The van der Waals surface area contributed by atoms with Gasteiger partial charge in [0.15, 0.2) is 0 Å². The molecule has 3 heteroatoms. The molecule has 0 saturated carbocycles. The van der Waals surface area contributed by atoms with Gasteiger partial charge < -0.3 is 10.1 Å². The fourth-order valence-corrected chi connectivity index (χ4v) is 2.62. The molecule has 1 aliphatic rings. The van der Waals surface area contributed by atoms with Crippen LogP contribution < -0.4 is 5.32 Å². The quantitative estimate of drug-likeness (QED) is 0.776. The molecule has 0 bridgehead atoms. The molecule has 84 valence electrons. The van der Waals surface area contributed by atoms with Gasteiger partial charge in [-0.3, -0.25) is 0 Å². The summed E-state index contributed by atoms with van der Waals surface area (Å²) >= 11 is 1.82. The van der Waals surface area contributed by atoms with E-state index in [1.165, 1.54) is 30.8 Å². The average Bonchev–Trinajstić information content (AvgIpc) is 2.79. The van der Waals surface area contributed by atoms with Gasteiger partial charge in [0, 0.05) is 17.9 Å². The van der Waals surface area contributed by atoms with Crippen LogP contribution in [0.15, 0.2) is 17.5 Å². The highest BCUT2D eigenvalue weighted by Crippen LogP contribution is 2.13. The molecule has 0 radical (unpaired) electrons. The Morgan fingerprint density at radius 1 is 1.40 bits per heavy atom. The van der Waals surface area contributed by atoms with Gasteiger partial charge in [-0.15, -0.1) is 11.3 Å². The molecular weight excluding hydrogens is 206 g/mol. The minimum atomic E-state index is 0.787. The Kier molecular flexibility index (Phi) is 4.64. The lowest BCUT2D eigenvalue weighted by Gasteiger charge is -2.22. The maximum Gasteiger partial charge on any atom is 0.0514 e. The fraction of sp³-hybridized carbons (Fsp3) is 0.667. The predicted molar refractivity (Wildman–Crippen MR) is 64.4 cm³/mol. The second kappa shape index (κ2) is 6.26. The van der Waals surface area contributed by atoms with Gasteiger partial charge in [0.2, 0.25) is 0 Å². The first-order chi connectivity index (χ1) is 7.45. The van der Waals surface area contributed by atoms with Crippen molar-refractivity contribution >= 4 is 11.3 Å². The zero-order chi connectivity index (χ0) is 10.3. The topological polar surface area (TPSA) is 21.3 Å². The molecule has 0 spiro atoms. The lowest BCUT2D eigenvalue weighted by atomic mass is 9.99. The molecule has 2 heterocycles. The summed E-state index contributed by atoms with van der Waals surface area (Å²) in [6.07, 6.45) is 3.63. The summed E-state index contributed by atoms with van der Waals surface area (Å²) < 4.78 is 5.73. The molecule has 0 aliphatic carbocycles. The van der Waals surface area contributed by atoms with Crippen molar-refractivity contribution in [2.75, 3.05) is 26.3 Å². The summed E-state index contributed by atoms with van der Waals surface area (Å²) in [4.78, 5) is 1.43. The maximum atomic E-state index is 5.73. The van der Waals surface area contributed by atoms with E-state index in [1.54, 1.807) is 0 Å². The van der Waals surface area contributed by atoms with Crippen LogP contribution in [0.25, 0.3) is 0 Å². The van der Waals surface area contributed by atoms with Crippen LogP contribution in [-0.2, 0) is 11.2 Å². The van der Waals surface area contributed by atoms with E-state index in [1.807, 2.05) is 11.3 Å². The first-order valence-corrected chi connectivity index (χ1v) is 6.64. The number of hydrogen-bond donors (Lipinski definition) is 1. The standard InChI is InChI=1S/C12H19NOS/c1-2-12(15-9-1)5-8-14-10-11-3-6-13-7-4-11/h1-2,9,11,13H,3-8,10H2. The Hall–Kier alpha value is -0.380. The third-order valence-corrected chi connectivity index (χ3v) is 3.82. The van der Waals surface area contributed by atoms with Crippen molar-refractivity contribution in [2.45, 2.75) is 19.3 Å². The molecule has 2 nitrogen and oxygen atoms in total. The minimum absolute atomic E-state index is 0.787. The fourth-order valence-electron chi connectivity index (χ4n) is 1.93. The lowest BCUT2D eigenvalue weighted by molar-refractivity contribution is 0.0904. The Balaban J connectivity index is 1.54. The summed E-state index contributed by atoms with van der Waals surface area (Å²) in [6, 6.07) is 4.28. The van der Waals surface area contributed by atoms with Gasteiger partial charge >= 0.3 is 0 Å². The Bertz CT molecular complexity index is 255. The molecule has 0 atom stereocenters. The van der Waals surface area contributed by atoms with Crippen LogP contribution >= 0.6 is 11.3 Å². The van der Waals surface area contributed by atoms with Crippen molar-refractivity contribution in [2.24, 2.45) is 5.92 Å². The van der Waals surface area contributed by atoms with Crippen molar-refractivity contribution < 1.29 is 4.74 Å². The average molecular weight is 225 g/mol. The molecule has 0 aromatic carbocycles. The molecule has 15 heavy (non-hydrogen) atoms. The number of nitrogens with one attached hydrogen (secondary N) is 1. The second-order valence-corrected chi connectivity index (χ2v) is 5.13. The van der Waals surface area contributed by atoms with Gasteiger partial charge in [-0.25, -0.2) is 0 Å². The van der Waals surface area contributed by atoms with E-state index in [0.29, 0.717) is 0 Å². The number of thiophene rings is 1. The highest BCUT2D eigenvalue weighted by atomic mass is 32.1. The third-order valence-electron chi connectivity index (χ3n) is 2.89. The minimum Gasteiger partial charge on any atom is -0.381 e. The molecule has 0 amide bonds.